The summed E-state index contributed by atoms with van der Waals surface area (Å²) in [6.45, 7) is 4.25. The van der Waals surface area contributed by atoms with Gasteiger partial charge in [0, 0.05) is 28.8 Å². The van der Waals surface area contributed by atoms with Crippen molar-refractivity contribution in [3.63, 3.8) is 0 Å². The van der Waals surface area contributed by atoms with E-state index in [1.807, 2.05) is 0 Å². The van der Waals surface area contributed by atoms with Gasteiger partial charge in [0.15, 0.2) is 0 Å². The molecule has 1 amide bonds. The van der Waals surface area contributed by atoms with Crippen molar-refractivity contribution >= 4 is 57.6 Å². The first-order chi connectivity index (χ1) is 16.4. The minimum atomic E-state index is -0.271. The minimum Gasteiger partial charge on any atom is -0.495 e. The van der Waals surface area contributed by atoms with Crippen LogP contribution in [0.4, 0.5) is 5.95 Å². The molecule has 0 bridgehead atoms. The van der Waals surface area contributed by atoms with Gasteiger partial charge in [0.2, 0.25) is 11.9 Å². The lowest BCUT2D eigenvalue weighted by Gasteiger charge is -2.20. The maximum absolute atomic E-state index is 11.7. The number of benzene rings is 2. The van der Waals surface area contributed by atoms with Gasteiger partial charge < -0.3 is 24.8 Å². The van der Waals surface area contributed by atoms with Gasteiger partial charge in [-0.2, -0.15) is 0 Å². The van der Waals surface area contributed by atoms with E-state index in [9.17, 15) is 4.79 Å². The van der Waals surface area contributed by atoms with E-state index < -0.39 is 0 Å². The molecule has 4 rings (SSSR count). The van der Waals surface area contributed by atoms with Crippen molar-refractivity contribution in [2.45, 2.75) is 12.1 Å². The van der Waals surface area contributed by atoms with Crippen molar-refractivity contribution in [1.29, 1.82) is 0 Å². The highest BCUT2D eigenvalue weighted by Crippen LogP contribution is 2.48. The molecule has 2 aromatic carbocycles. The van der Waals surface area contributed by atoms with Crippen LogP contribution in [-0.4, -0.2) is 55.4 Å². The van der Waals surface area contributed by atoms with Crippen LogP contribution in [0.3, 0.4) is 0 Å². The van der Waals surface area contributed by atoms with E-state index >= 15 is 0 Å². The summed E-state index contributed by atoms with van der Waals surface area (Å²) < 4.78 is 16.2. The van der Waals surface area contributed by atoms with Gasteiger partial charge in [0.1, 0.15) is 11.5 Å². The zero-order valence-electron chi connectivity index (χ0n) is 18.3. The molecule has 34 heavy (non-hydrogen) atoms. The number of nitrogens with zero attached hydrogens (tertiary/aromatic N) is 2. The zero-order valence-corrected chi connectivity index (χ0v) is 20.6. The molecular weight excluding hydrogens is 503 g/mol. The molecule has 178 valence electrons. The van der Waals surface area contributed by atoms with Crippen LogP contribution in [0.5, 0.6) is 11.5 Å². The average molecular weight is 524 g/mol. The number of hydrogen-bond acceptors (Lipinski definition) is 7. The van der Waals surface area contributed by atoms with Gasteiger partial charge in [-0.1, -0.05) is 41.4 Å². The fraction of sp³-hybridized carbons (Fsp3) is 0.261. The number of methoxy groups -OCH3 is 2. The zero-order chi connectivity index (χ0) is 24.4. The van der Waals surface area contributed by atoms with E-state index in [1.165, 1.54) is 20.3 Å². The number of carbonyl (C=O) groups excluding carboxylic acids is 1. The Hall–Kier alpha value is -2.78. The van der Waals surface area contributed by atoms with Crippen LogP contribution >= 0.6 is 34.8 Å². The first-order valence-corrected chi connectivity index (χ1v) is 11.3. The van der Waals surface area contributed by atoms with Gasteiger partial charge in [-0.25, -0.2) is 9.97 Å². The fourth-order valence-electron chi connectivity index (χ4n) is 3.68. The molecule has 0 spiro atoms. The van der Waals surface area contributed by atoms with E-state index in [0.717, 1.165) is 5.39 Å². The molecule has 0 unspecified atom stereocenters. The lowest BCUT2D eigenvalue weighted by molar-refractivity contribution is -0.117. The van der Waals surface area contributed by atoms with Gasteiger partial charge in [-0.3, -0.25) is 4.79 Å². The van der Waals surface area contributed by atoms with Gasteiger partial charge in [-0.05, 0) is 18.2 Å². The van der Waals surface area contributed by atoms with Crippen LogP contribution in [0, 0.1) is 0 Å². The SMILES string of the molecule is C=CC(=O)N[C@H]1COC[C@H]1Nc1ncc2cc(-c3c(Cl)c(OC)cc(OC)c3Cl)c(Cl)cc2n1. The van der Waals surface area contributed by atoms with E-state index in [-0.39, 0.29) is 18.0 Å². The predicted molar refractivity (Wildman–Crippen MR) is 133 cm³/mol. The Morgan fingerprint density at radius 1 is 1.12 bits per heavy atom. The molecule has 1 aliphatic rings. The Balaban J connectivity index is 1.68. The second-order valence-electron chi connectivity index (χ2n) is 7.48. The van der Waals surface area contributed by atoms with Crippen molar-refractivity contribution < 1.29 is 19.0 Å². The largest absolute Gasteiger partial charge is 0.495 e. The molecule has 0 saturated carbocycles. The molecule has 1 aromatic heterocycles. The van der Waals surface area contributed by atoms with Crippen LogP contribution in [0.2, 0.25) is 15.1 Å². The second kappa shape index (κ2) is 10.2. The molecule has 3 aromatic rings. The first kappa shape index (κ1) is 24.3. The topological polar surface area (TPSA) is 94.6 Å². The highest BCUT2D eigenvalue weighted by atomic mass is 35.5. The summed E-state index contributed by atoms with van der Waals surface area (Å²) >= 11 is 19.8. The van der Waals surface area contributed by atoms with Crippen molar-refractivity contribution in [3.05, 3.63) is 52.1 Å². The van der Waals surface area contributed by atoms with Crippen molar-refractivity contribution in [3.8, 4) is 22.6 Å². The number of halogens is 3. The third-order valence-corrected chi connectivity index (χ3v) is 6.48. The molecule has 0 radical (unpaired) electrons. The molecule has 1 aliphatic heterocycles. The third-order valence-electron chi connectivity index (χ3n) is 5.42. The maximum Gasteiger partial charge on any atom is 0.243 e. The number of aromatic nitrogens is 2. The fourth-order valence-corrected chi connectivity index (χ4v) is 4.64. The molecule has 2 heterocycles. The monoisotopic (exact) mass is 522 g/mol. The first-order valence-electron chi connectivity index (χ1n) is 10.2. The molecule has 2 N–H and O–H groups in total. The summed E-state index contributed by atoms with van der Waals surface area (Å²) in [6.07, 6.45) is 2.88. The summed E-state index contributed by atoms with van der Waals surface area (Å²) in [6, 6.07) is 4.70. The number of anilines is 1. The van der Waals surface area contributed by atoms with Crippen molar-refractivity contribution in [1.82, 2.24) is 15.3 Å². The number of fused-ring (bicyclic) bond motifs is 1. The Morgan fingerprint density at radius 2 is 1.79 bits per heavy atom. The lowest BCUT2D eigenvalue weighted by atomic mass is 10.0. The molecule has 2 atom stereocenters. The number of rotatable bonds is 7. The Morgan fingerprint density at radius 3 is 2.44 bits per heavy atom. The van der Waals surface area contributed by atoms with Gasteiger partial charge in [0.05, 0.1) is 60.1 Å². The smallest absolute Gasteiger partial charge is 0.243 e. The Bertz CT molecular complexity index is 1240. The van der Waals surface area contributed by atoms with E-state index in [4.69, 9.17) is 49.0 Å². The Kier molecular flexibility index (Phi) is 7.33. The van der Waals surface area contributed by atoms with Crippen LogP contribution in [0.25, 0.3) is 22.0 Å². The predicted octanol–water partition coefficient (Wildman–Crippen LogP) is 4.76. The van der Waals surface area contributed by atoms with Crippen LogP contribution < -0.4 is 20.1 Å². The summed E-state index contributed by atoms with van der Waals surface area (Å²) in [5.41, 5.74) is 1.68. The van der Waals surface area contributed by atoms with Crippen molar-refractivity contribution in [2.24, 2.45) is 0 Å². The summed E-state index contributed by atoms with van der Waals surface area (Å²) in [5.74, 6) is 0.917. The number of ether oxygens (including phenoxy) is 3. The normalized spacial score (nSPS) is 17.4. The molecule has 1 saturated heterocycles. The minimum absolute atomic E-state index is 0.196. The number of hydrogen-bond donors (Lipinski definition) is 2. The number of amides is 1. The van der Waals surface area contributed by atoms with Crippen molar-refractivity contribution in [2.75, 3.05) is 32.8 Å². The standard InChI is InChI=1S/C23H21Cl3N4O4/c1-4-19(31)28-15-9-34-10-16(15)30-23-27-8-11-5-12(13(24)6-14(11)29-23)20-21(25)17(32-2)7-18(33-3)22(20)26/h4-8,15-16H,1,9-10H2,2-3H3,(H,28,31)(H,27,29,30)/t15-,16+/m0/s1. The Labute approximate surface area is 211 Å². The molecule has 1 fully saturated rings. The summed E-state index contributed by atoms with van der Waals surface area (Å²) in [5, 5.41) is 7.77. The molecule has 8 nitrogen and oxygen atoms in total. The van der Waals surface area contributed by atoms with Gasteiger partial charge in [0.25, 0.3) is 0 Å². The molecular formula is C23H21Cl3N4O4. The van der Waals surface area contributed by atoms with Crippen LogP contribution in [0.1, 0.15) is 0 Å². The van der Waals surface area contributed by atoms with Crippen LogP contribution in [0.15, 0.2) is 37.1 Å². The van der Waals surface area contributed by atoms with E-state index in [0.29, 0.717) is 62.4 Å². The van der Waals surface area contributed by atoms with E-state index in [1.54, 1.807) is 24.4 Å². The second-order valence-corrected chi connectivity index (χ2v) is 8.64. The molecule has 0 aliphatic carbocycles. The highest BCUT2D eigenvalue weighted by Gasteiger charge is 2.30. The summed E-state index contributed by atoms with van der Waals surface area (Å²) in [4.78, 5) is 20.6. The number of carbonyl (C=O) groups is 1. The summed E-state index contributed by atoms with van der Waals surface area (Å²) in [7, 11) is 3.01. The van der Waals surface area contributed by atoms with Gasteiger partial charge >= 0.3 is 0 Å². The quantitative estimate of drug-likeness (QED) is 0.431. The molecule has 11 heteroatoms. The van der Waals surface area contributed by atoms with E-state index in [2.05, 4.69) is 27.2 Å². The lowest BCUT2D eigenvalue weighted by Crippen LogP contribution is -2.45. The highest BCUT2D eigenvalue weighted by molar-refractivity contribution is 6.43. The van der Waals surface area contributed by atoms with Gasteiger partial charge in [-0.15, -0.1) is 0 Å². The average Bonchev–Trinajstić information content (AvgIpc) is 3.25. The van der Waals surface area contributed by atoms with Crippen LogP contribution in [-0.2, 0) is 9.53 Å². The maximum atomic E-state index is 11.7. The number of nitrogens with one attached hydrogen (secondary N) is 2. The third kappa shape index (κ3) is 4.72.